The maximum absolute atomic E-state index is 11.0. The first kappa shape index (κ1) is 24.9. The molecular weight excluding hydrogens is 362 g/mol. The Morgan fingerprint density at radius 1 is 1.10 bits per heavy atom. The Morgan fingerprint density at radius 2 is 1.76 bits per heavy atom. The van der Waals surface area contributed by atoms with Crippen molar-refractivity contribution in [1.82, 2.24) is 0 Å². The lowest BCUT2D eigenvalue weighted by molar-refractivity contribution is -0.116. The van der Waals surface area contributed by atoms with E-state index in [1.807, 2.05) is 39.0 Å². The van der Waals surface area contributed by atoms with E-state index in [1.54, 1.807) is 21.1 Å². The number of nitrogens with two attached hydrogens (primary N) is 1. The van der Waals surface area contributed by atoms with E-state index < -0.39 is 0 Å². The molecule has 4 heteroatoms. The molecule has 0 aliphatic heterocycles. The van der Waals surface area contributed by atoms with Gasteiger partial charge >= 0.3 is 0 Å². The molecule has 0 spiro atoms. The van der Waals surface area contributed by atoms with Crippen molar-refractivity contribution < 1.29 is 14.3 Å². The number of aryl methyl sites for hydroxylation is 1. The van der Waals surface area contributed by atoms with E-state index in [-0.39, 0.29) is 17.4 Å². The van der Waals surface area contributed by atoms with Crippen molar-refractivity contribution in [3.63, 3.8) is 0 Å². The van der Waals surface area contributed by atoms with Gasteiger partial charge in [0, 0.05) is 19.1 Å². The number of carbonyl (C=O) groups is 1. The Balaban J connectivity index is 0.000000291. The van der Waals surface area contributed by atoms with E-state index in [2.05, 4.69) is 31.2 Å². The zero-order valence-corrected chi connectivity index (χ0v) is 19.0. The SMILES string of the molecule is CC(=O)Cc1cccc(CC(C)(C)N)c1.CCC(OC)c1ccc(OC)c(C)c1. The number of hydrogen-bond donors (Lipinski definition) is 1. The highest BCUT2D eigenvalue weighted by Gasteiger charge is 2.12. The molecule has 0 bridgehead atoms. The lowest BCUT2D eigenvalue weighted by atomic mass is 9.94. The van der Waals surface area contributed by atoms with Crippen LogP contribution in [-0.2, 0) is 22.4 Å². The van der Waals surface area contributed by atoms with Gasteiger partial charge in [-0.15, -0.1) is 0 Å². The number of ketones is 1. The summed E-state index contributed by atoms with van der Waals surface area (Å²) >= 11 is 0. The normalized spacial score (nSPS) is 12.0. The van der Waals surface area contributed by atoms with E-state index in [0.717, 1.165) is 29.7 Å². The van der Waals surface area contributed by atoms with Gasteiger partial charge in [-0.25, -0.2) is 0 Å². The van der Waals surface area contributed by atoms with Crippen LogP contribution in [0.2, 0.25) is 0 Å². The minimum Gasteiger partial charge on any atom is -0.496 e. The molecule has 0 radical (unpaired) electrons. The topological polar surface area (TPSA) is 61.6 Å². The summed E-state index contributed by atoms with van der Waals surface area (Å²) in [5.41, 5.74) is 10.4. The Hall–Kier alpha value is -2.17. The van der Waals surface area contributed by atoms with Crippen molar-refractivity contribution in [3.05, 3.63) is 64.7 Å². The van der Waals surface area contributed by atoms with Crippen LogP contribution in [0, 0.1) is 6.92 Å². The molecule has 0 fully saturated rings. The van der Waals surface area contributed by atoms with Gasteiger partial charge in [0.15, 0.2) is 0 Å². The summed E-state index contributed by atoms with van der Waals surface area (Å²) in [6.45, 7) is 9.79. The van der Waals surface area contributed by atoms with E-state index in [1.165, 1.54) is 11.1 Å². The van der Waals surface area contributed by atoms with Gasteiger partial charge < -0.3 is 15.2 Å². The minimum atomic E-state index is -0.200. The third kappa shape index (κ3) is 9.25. The van der Waals surface area contributed by atoms with Crippen LogP contribution >= 0.6 is 0 Å². The molecule has 0 saturated heterocycles. The van der Waals surface area contributed by atoms with Crippen molar-refractivity contribution in [2.45, 2.75) is 65.5 Å². The zero-order chi connectivity index (χ0) is 22.0. The minimum absolute atomic E-state index is 0.194. The first-order chi connectivity index (χ1) is 13.6. The number of Topliss-reactive ketones (excluding diaryl/α,β-unsaturated/α-hetero) is 1. The summed E-state index contributed by atoms with van der Waals surface area (Å²) in [4.78, 5) is 11.0. The number of benzene rings is 2. The molecule has 29 heavy (non-hydrogen) atoms. The molecule has 0 aliphatic carbocycles. The summed E-state index contributed by atoms with van der Waals surface area (Å²) in [6.07, 6.45) is 2.53. The van der Waals surface area contributed by atoms with Crippen LogP contribution in [0.25, 0.3) is 0 Å². The lowest BCUT2D eigenvalue weighted by Crippen LogP contribution is -2.34. The maximum atomic E-state index is 11.0. The zero-order valence-electron chi connectivity index (χ0n) is 19.0. The number of methoxy groups -OCH3 is 2. The molecule has 0 saturated carbocycles. The highest BCUT2D eigenvalue weighted by Crippen LogP contribution is 2.25. The largest absolute Gasteiger partial charge is 0.496 e. The molecule has 0 heterocycles. The van der Waals surface area contributed by atoms with E-state index in [4.69, 9.17) is 15.2 Å². The van der Waals surface area contributed by atoms with Crippen LogP contribution in [0.3, 0.4) is 0 Å². The second-order valence-electron chi connectivity index (χ2n) is 8.23. The first-order valence-electron chi connectivity index (χ1n) is 10.1. The molecule has 160 valence electrons. The smallest absolute Gasteiger partial charge is 0.134 e. The van der Waals surface area contributed by atoms with Crippen molar-refractivity contribution in [1.29, 1.82) is 0 Å². The Bertz CT molecular complexity index is 774. The van der Waals surface area contributed by atoms with E-state index >= 15 is 0 Å². The number of carbonyl (C=O) groups excluding carboxylic acids is 1. The van der Waals surface area contributed by atoms with Crippen molar-refractivity contribution >= 4 is 5.78 Å². The monoisotopic (exact) mass is 399 g/mol. The molecular formula is C25H37NO3. The summed E-state index contributed by atoms with van der Waals surface area (Å²) < 4.78 is 10.6. The Kier molecular flexibility index (Phi) is 10.1. The Labute approximate surface area is 176 Å². The maximum Gasteiger partial charge on any atom is 0.134 e. The molecule has 0 amide bonds. The van der Waals surface area contributed by atoms with Crippen molar-refractivity contribution in [3.8, 4) is 5.75 Å². The predicted octanol–water partition coefficient (Wildman–Crippen LogP) is 5.20. The summed E-state index contributed by atoms with van der Waals surface area (Å²) in [7, 11) is 3.43. The van der Waals surface area contributed by atoms with Crippen LogP contribution < -0.4 is 10.5 Å². The lowest BCUT2D eigenvalue weighted by Gasteiger charge is -2.18. The van der Waals surface area contributed by atoms with Crippen LogP contribution in [0.1, 0.15) is 62.5 Å². The molecule has 2 aromatic carbocycles. The van der Waals surface area contributed by atoms with Gasteiger partial charge in [0.1, 0.15) is 11.5 Å². The summed E-state index contributed by atoms with van der Waals surface area (Å²) in [5.74, 6) is 1.12. The van der Waals surface area contributed by atoms with Gasteiger partial charge in [-0.2, -0.15) is 0 Å². The second-order valence-corrected chi connectivity index (χ2v) is 8.23. The van der Waals surface area contributed by atoms with Crippen LogP contribution in [-0.4, -0.2) is 25.5 Å². The van der Waals surface area contributed by atoms with E-state index in [9.17, 15) is 4.79 Å². The predicted molar refractivity (Wildman–Crippen MR) is 121 cm³/mol. The first-order valence-corrected chi connectivity index (χ1v) is 10.1. The van der Waals surface area contributed by atoms with Crippen molar-refractivity contribution in [2.24, 2.45) is 5.73 Å². The Morgan fingerprint density at radius 3 is 2.24 bits per heavy atom. The molecule has 0 aromatic heterocycles. The molecule has 2 aromatic rings. The van der Waals surface area contributed by atoms with Crippen LogP contribution in [0.4, 0.5) is 0 Å². The average molecular weight is 400 g/mol. The van der Waals surface area contributed by atoms with Gasteiger partial charge in [0.25, 0.3) is 0 Å². The van der Waals surface area contributed by atoms with Gasteiger partial charge in [-0.05, 0) is 74.9 Å². The number of ether oxygens (including phenoxy) is 2. The average Bonchev–Trinajstić information content (AvgIpc) is 2.62. The fourth-order valence-electron chi connectivity index (χ4n) is 3.30. The highest BCUT2D eigenvalue weighted by atomic mass is 16.5. The van der Waals surface area contributed by atoms with Crippen molar-refractivity contribution in [2.75, 3.05) is 14.2 Å². The molecule has 2 N–H and O–H groups in total. The van der Waals surface area contributed by atoms with Gasteiger partial charge in [-0.3, -0.25) is 4.79 Å². The summed E-state index contributed by atoms with van der Waals surface area (Å²) in [6, 6.07) is 14.3. The quantitative estimate of drug-likeness (QED) is 0.663. The van der Waals surface area contributed by atoms with Crippen LogP contribution in [0.15, 0.2) is 42.5 Å². The van der Waals surface area contributed by atoms with Crippen LogP contribution in [0.5, 0.6) is 5.75 Å². The standard InChI is InChI=1S/C13H19NO.C12H18O2/c1-10(15)7-11-5-4-6-12(8-11)9-13(2,3)14;1-5-11(13-3)10-6-7-12(14-4)9(2)8-10/h4-6,8H,7,9,14H2,1-3H3;6-8,11H,5H2,1-4H3. The molecule has 2 rings (SSSR count). The van der Waals surface area contributed by atoms with Gasteiger partial charge in [0.2, 0.25) is 0 Å². The third-order valence-corrected chi connectivity index (χ3v) is 4.55. The summed E-state index contributed by atoms with van der Waals surface area (Å²) in [5, 5.41) is 0. The highest BCUT2D eigenvalue weighted by molar-refractivity contribution is 5.78. The second kappa shape index (κ2) is 11.7. The number of rotatable bonds is 8. The van der Waals surface area contributed by atoms with Gasteiger partial charge in [0.05, 0.1) is 13.2 Å². The molecule has 0 aliphatic rings. The molecule has 4 nitrogen and oxygen atoms in total. The van der Waals surface area contributed by atoms with Gasteiger partial charge in [-0.1, -0.05) is 37.3 Å². The molecule has 1 unspecified atom stereocenters. The fourth-order valence-corrected chi connectivity index (χ4v) is 3.30. The fraction of sp³-hybridized carbons (Fsp3) is 0.480. The number of hydrogen-bond acceptors (Lipinski definition) is 4. The molecule has 1 atom stereocenters. The van der Waals surface area contributed by atoms with E-state index in [0.29, 0.717) is 6.42 Å². The third-order valence-electron chi connectivity index (χ3n) is 4.55.